The Kier molecular flexibility index (Phi) is 3.51. The molecule has 2 aromatic rings. The summed E-state index contributed by atoms with van der Waals surface area (Å²) in [5.41, 5.74) is 1.54. The predicted octanol–water partition coefficient (Wildman–Crippen LogP) is 4.41. The Morgan fingerprint density at radius 1 is 0.875 bits per heavy atom. The van der Waals surface area contributed by atoms with Crippen LogP contribution in [0.3, 0.4) is 0 Å². The lowest BCUT2D eigenvalue weighted by Crippen LogP contribution is -1.68. The maximum absolute atomic E-state index is 9.11. The summed E-state index contributed by atoms with van der Waals surface area (Å²) in [6.07, 6.45) is 0. The number of rotatable bonds is 2. The molecule has 1 N–H and O–H groups in total. The molecule has 0 spiro atoms. The molecule has 3 nitrogen and oxygen atoms in total. The number of phenols is 1. The third-order valence-corrected chi connectivity index (χ3v) is 2.61. The first-order valence-electron chi connectivity index (χ1n) is 4.70. The Bertz CT molecular complexity index is 509. The van der Waals surface area contributed by atoms with Gasteiger partial charge in [0, 0.05) is 3.57 Å². The van der Waals surface area contributed by atoms with Crippen molar-refractivity contribution >= 4 is 34.0 Å². The number of phenolic OH excluding ortho intramolecular Hbond substituents is 1. The van der Waals surface area contributed by atoms with Crippen LogP contribution in [0.25, 0.3) is 0 Å². The van der Waals surface area contributed by atoms with Crippen LogP contribution in [0.5, 0.6) is 5.75 Å². The zero-order valence-corrected chi connectivity index (χ0v) is 10.5. The molecule has 0 saturated carbocycles. The van der Waals surface area contributed by atoms with E-state index in [1.807, 2.05) is 24.3 Å². The topological polar surface area (TPSA) is 45.0 Å². The Labute approximate surface area is 107 Å². The molecule has 4 heteroatoms. The third-order valence-electron chi connectivity index (χ3n) is 1.94. The minimum absolute atomic E-state index is 0.230. The summed E-state index contributed by atoms with van der Waals surface area (Å²) in [5, 5.41) is 17.3. The zero-order chi connectivity index (χ0) is 11.4. The molecule has 0 unspecified atom stereocenters. The van der Waals surface area contributed by atoms with Gasteiger partial charge >= 0.3 is 0 Å². The minimum atomic E-state index is 0.230. The molecule has 16 heavy (non-hydrogen) atoms. The van der Waals surface area contributed by atoms with Gasteiger partial charge in [0.05, 0.1) is 11.4 Å². The van der Waals surface area contributed by atoms with Crippen molar-refractivity contribution in [3.05, 3.63) is 52.1 Å². The molecule has 0 aromatic heterocycles. The Morgan fingerprint density at radius 2 is 1.56 bits per heavy atom. The van der Waals surface area contributed by atoms with Crippen molar-refractivity contribution in [2.75, 3.05) is 0 Å². The smallest absolute Gasteiger partial charge is 0.115 e. The molecule has 2 aromatic carbocycles. The number of hydrogen-bond donors (Lipinski definition) is 1. The molecule has 0 heterocycles. The lowest BCUT2D eigenvalue weighted by molar-refractivity contribution is 0.475. The average molecular weight is 324 g/mol. The summed E-state index contributed by atoms with van der Waals surface area (Å²) < 4.78 is 1.12. The summed E-state index contributed by atoms with van der Waals surface area (Å²) in [6.45, 7) is 0. The van der Waals surface area contributed by atoms with Gasteiger partial charge in [-0.3, -0.25) is 0 Å². The van der Waals surface area contributed by atoms with E-state index in [1.165, 1.54) is 0 Å². The highest BCUT2D eigenvalue weighted by Gasteiger charge is 1.92. The second kappa shape index (κ2) is 5.07. The molecule has 0 fully saturated rings. The average Bonchev–Trinajstić information content (AvgIpc) is 2.28. The van der Waals surface area contributed by atoms with E-state index in [2.05, 4.69) is 32.8 Å². The van der Waals surface area contributed by atoms with Crippen molar-refractivity contribution in [3.8, 4) is 5.75 Å². The van der Waals surface area contributed by atoms with Crippen LogP contribution in [0, 0.1) is 3.57 Å². The van der Waals surface area contributed by atoms with Crippen LogP contribution in [0.4, 0.5) is 11.4 Å². The van der Waals surface area contributed by atoms with E-state index in [4.69, 9.17) is 5.11 Å². The van der Waals surface area contributed by atoms with E-state index in [0.29, 0.717) is 0 Å². The fourth-order valence-corrected chi connectivity index (χ4v) is 1.70. The number of azo groups is 1. The molecule has 0 radical (unpaired) electrons. The Hall–Kier alpha value is -1.43. The van der Waals surface area contributed by atoms with Gasteiger partial charge in [0.15, 0.2) is 0 Å². The second-order valence-electron chi connectivity index (χ2n) is 3.20. The third kappa shape index (κ3) is 3.03. The molecule has 0 bridgehead atoms. The minimum Gasteiger partial charge on any atom is -0.508 e. The maximum Gasteiger partial charge on any atom is 0.115 e. The quantitative estimate of drug-likeness (QED) is 0.645. The van der Waals surface area contributed by atoms with Gasteiger partial charge < -0.3 is 5.11 Å². The normalized spacial score (nSPS) is 10.8. The van der Waals surface area contributed by atoms with Gasteiger partial charge in [0.1, 0.15) is 5.75 Å². The van der Waals surface area contributed by atoms with Crippen LogP contribution in [-0.4, -0.2) is 5.11 Å². The van der Waals surface area contributed by atoms with Gasteiger partial charge in [0.25, 0.3) is 0 Å². The summed E-state index contributed by atoms with van der Waals surface area (Å²) >= 11 is 2.23. The standard InChI is InChI=1S/C12H9IN2O/c13-9-2-1-3-11(8-9)15-14-10-4-6-12(16)7-5-10/h1-8,16H. The van der Waals surface area contributed by atoms with Crippen LogP contribution in [0.15, 0.2) is 58.8 Å². The highest BCUT2D eigenvalue weighted by molar-refractivity contribution is 14.1. The molecule has 0 aliphatic heterocycles. The molecule has 0 aliphatic rings. The van der Waals surface area contributed by atoms with Crippen molar-refractivity contribution in [2.24, 2.45) is 10.2 Å². The number of hydrogen-bond acceptors (Lipinski definition) is 3. The van der Waals surface area contributed by atoms with Gasteiger partial charge in [-0.15, -0.1) is 0 Å². The van der Waals surface area contributed by atoms with E-state index in [-0.39, 0.29) is 5.75 Å². The first-order valence-corrected chi connectivity index (χ1v) is 5.78. The van der Waals surface area contributed by atoms with Crippen molar-refractivity contribution in [2.45, 2.75) is 0 Å². The molecule has 0 amide bonds. The lowest BCUT2D eigenvalue weighted by Gasteiger charge is -1.94. The molecular weight excluding hydrogens is 315 g/mol. The Balaban J connectivity index is 2.18. The molecule has 0 saturated heterocycles. The van der Waals surface area contributed by atoms with Crippen molar-refractivity contribution in [1.29, 1.82) is 0 Å². The van der Waals surface area contributed by atoms with Crippen molar-refractivity contribution in [3.63, 3.8) is 0 Å². The van der Waals surface area contributed by atoms with E-state index in [0.717, 1.165) is 14.9 Å². The van der Waals surface area contributed by atoms with E-state index in [1.54, 1.807) is 24.3 Å². The van der Waals surface area contributed by atoms with Crippen molar-refractivity contribution < 1.29 is 5.11 Å². The zero-order valence-electron chi connectivity index (χ0n) is 8.34. The Morgan fingerprint density at radius 3 is 2.25 bits per heavy atom. The van der Waals surface area contributed by atoms with E-state index >= 15 is 0 Å². The fourth-order valence-electron chi connectivity index (χ4n) is 1.17. The van der Waals surface area contributed by atoms with Crippen LogP contribution >= 0.6 is 22.6 Å². The maximum atomic E-state index is 9.11. The van der Waals surface area contributed by atoms with E-state index < -0.39 is 0 Å². The molecular formula is C12H9IN2O. The predicted molar refractivity (Wildman–Crippen MR) is 71.4 cm³/mol. The summed E-state index contributed by atoms with van der Waals surface area (Å²) in [4.78, 5) is 0. The highest BCUT2D eigenvalue weighted by Crippen LogP contribution is 2.21. The van der Waals surface area contributed by atoms with Crippen LogP contribution in [0.2, 0.25) is 0 Å². The summed E-state index contributed by atoms with van der Waals surface area (Å²) in [7, 11) is 0. The highest BCUT2D eigenvalue weighted by atomic mass is 127. The largest absolute Gasteiger partial charge is 0.508 e. The monoisotopic (exact) mass is 324 g/mol. The van der Waals surface area contributed by atoms with Crippen LogP contribution in [0.1, 0.15) is 0 Å². The van der Waals surface area contributed by atoms with Gasteiger partial charge in [-0.05, 0) is 65.1 Å². The number of halogens is 1. The molecule has 0 aliphatic carbocycles. The lowest BCUT2D eigenvalue weighted by atomic mass is 10.3. The molecule has 0 atom stereocenters. The summed E-state index contributed by atoms with van der Waals surface area (Å²) in [6, 6.07) is 14.4. The van der Waals surface area contributed by atoms with Gasteiger partial charge in [-0.25, -0.2) is 0 Å². The second-order valence-corrected chi connectivity index (χ2v) is 4.44. The number of aromatic hydroxyl groups is 1. The van der Waals surface area contributed by atoms with Gasteiger partial charge in [-0.2, -0.15) is 10.2 Å². The van der Waals surface area contributed by atoms with Gasteiger partial charge in [-0.1, -0.05) is 6.07 Å². The van der Waals surface area contributed by atoms with Crippen LogP contribution in [-0.2, 0) is 0 Å². The first-order chi connectivity index (χ1) is 7.74. The van der Waals surface area contributed by atoms with E-state index in [9.17, 15) is 0 Å². The summed E-state index contributed by atoms with van der Waals surface area (Å²) in [5.74, 6) is 0.230. The SMILES string of the molecule is Oc1ccc(N=Nc2cccc(I)c2)cc1. The fraction of sp³-hybridized carbons (Fsp3) is 0. The van der Waals surface area contributed by atoms with Crippen molar-refractivity contribution in [1.82, 2.24) is 0 Å². The number of benzene rings is 2. The van der Waals surface area contributed by atoms with Gasteiger partial charge in [0.2, 0.25) is 0 Å². The molecule has 80 valence electrons. The van der Waals surface area contributed by atoms with Crippen LogP contribution < -0.4 is 0 Å². The number of nitrogens with zero attached hydrogens (tertiary/aromatic N) is 2. The first kappa shape index (κ1) is 11.1. The molecule has 2 rings (SSSR count).